The summed E-state index contributed by atoms with van der Waals surface area (Å²) in [7, 11) is 0. The van der Waals surface area contributed by atoms with Crippen molar-refractivity contribution in [2.45, 2.75) is 77.7 Å². The van der Waals surface area contributed by atoms with Crippen LogP contribution < -0.4 is 40.6 Å². The van der Waals surface area contributed by atoms with Gasteiger partial charge in [0.25, 0.3) is 0 Å². The van der Waals surface area contributed by atoms with Crippen LogP contribution in [-0.2, 0) is 4.79 Å². The minimum atomic E-state index is -0.289. The van der Waals surface area contributed by atoms with Gasteiger partial charge in [-0.1, -0.05) is 13.8 Å². The summed E-state index contributed by atoms with van der Waals surface area (Å²) in [6, 6.07) is 0.206. The maximum Gasteiger partial charge on any atom is 1.00 e. The molecule has 7 heteroatoms. The molecule has 1 amide bonds. The molecule has 0 spiro atoms. The monoisotopic (exact) mass is 302 g/mol. The molecule has 4 unspecified atom stereocenters. The zero-order valence-corrected chi connectivity index (χ0v) is 15.5. The van der Waals surface area contributed by atoms with Gasteiger partial charge in [0, 0.05) is 12.1 Å². The van der Waals surface area contributed by atoms with Crippen molar-refractivity contribution in [2.24, 2.45) is 5.73 Å². The van der Waals surface area contributed by atoms with E-state index in [2.05, 4.69) is 5.32 Å². The van der Waals surface area contributed by atoms with E-state index >= 15 is 0 Å². The summed E-state index contributed by atoms with van der Waals surface area (Å²) in [6.07, 6.45) is 3.07. The molecule has 118 valence electrons. The summed E-state index contributed by atoms with van der Waals surface area (Å²) < 4.78 is 0. The third kappa shape index (κ3) is 23.4. The average molecular weight is 302 g/mol. The molecule has 0 aliphatic carbocycles. The molecule has 0 rings (SSSR count). The summed E-state index contributed by atoms with van der Waals surface area (Å²) in [5.74, 6) is 0. The van der Waals surface area contributed by atoms with Gasteiger partial charge in [0.05, 0.1) is 12.2 Å². The number of hydrogen-bond donors (Lipinski definition) is 4. The third-order valence-corrected chi connectivity index (χ3v) is 2.56. The van der Waals surface area contributed by atoms with Gasteiger partial charge in [-0.25, -0.2) is 0 Å². The zero-order chi connectivity index (χ0) is 14.6. The van der Waals surface area contributed by atoms with E-state index in [0.29, 0.717) is 12.8 Å². The molecule has 0 aromatic rings. The van der Waals surface area contributed by atoms with Crippen molar-refractivity contribution in [3.05, 3.63) is 0 Å². The van der Waals surface area contributed by atoms with Gasteiger partial charge in [-0.3, -0.25) is 4.79 Å². The molecule has 0 aliphatic rings. The van der Waals surface area contributed by atoms with E-state index in [0.717, 1.165) is 19.3 Å². The van der Waals surface area contributed by atoms with E-state index < -0.39 is 0 Å². The zero-order valence-electron chi connectivity index (χ0n) is 13.5. The van der Waals surface area contributed by atoms with Crippen LogP contribution in [0.25, 0.3) is 0 Å². The Morgan fingerprint density at radius 3 is 1.75 bits per heavy atom. The van der Waals surface area contributed by atoms with Crippen LogP contribution >= 0.6 is 0 Å². The van der Waals surface area contributed by atoms with E-state index in [1.165, 1.54) is 0 Å². The number of hydrogen-bond acceptors (Lipinski definition) is 5. The van der Waals surface area contributed by atoms with E-state index in [9.17, 15) is 4.79 Å². The van der Waals surface area contributed by atoms with Gasteiger partial charge < -0.3 is 26.7 Å². The molecule has 0 heterocycles. The molecule has 0 radical (unpaired) electrons. The average Bonchev–Trinajstić information content (AvgIpc) is 2.29. The molecule has 4 atom stereocenters. The number of aliphatic hydroxyl groups is 2. The number of nitrogens with two attached hydrogens (primary N) is 1. The van der Waals surface area contributed by atoms with Crippen molar-refractivity contribution < 1.29 is 50.0 Å². The van der Waals surface area contributed by atoms with Crippen LogP contribution in [-0.4, -0.2) is 46.4 Å². The summed E-state index contributed by atoms with van der Waals surface area (Å²) in [6.45, 7) is 7.64. The van der Waals surface area contributed by atoms with Crippen LogP contribution in [0, 0.1) is 0 Å². The number of amides is 1. The van der Waals surface area contributed by atoms with Crippen molar-refractivity contribution in [3.63, 3.8) is 0 Å². The molecule has 0 saturated heterocycles. The number of carbonyl (C=O) groups excluding carboxylic acids is 1. The summed E-state index contributed by atoms with van der Waals surface area (Å²) in [5, 5.41) is 20.6. The normalized spacial score (nSPS) is 15.2. The second kappa shape index (κ2) is 19.3. The Morgan fingerprint density at radius 2 is 1.50 bits per heavy atom. The molecule has 6 nitrogen and oxygen atoms in total. The van der Waals surface area contributed by atoms with Crippen LogP contribution in [0.2, 0.25) is 0 Å². The third-order valence-electron chi connectivity index (χ3n) is 2.56. The number of rotatable bonds is 8. The summed E-state index contributed by atoms with van der Waals surface area (Å²) in [4.78, 5) is 9.89. The predicted octanol–water partition coefficient (Wildman–Crippen LogP) is -2.40. The molecular weight excluding hydrogens is 271 g/mol. The minimum absolute atomic E-state index is 0. The van der Waals surface area contributed by atoms with Gasteiger partial charge >= 0.3 is 29.6 Å². The van der Waals surface area contributed by atoms with E-state index in [1.807, 2.05) is 27.7 Å². The van der Waals surface area contributed by atoms with E-state index in [-0.39, 0.29) is 59.3 Å². The fraction of sp³-hybridized carbons (Fsp3) is 0.923. The van der Waals surface area contributed by atoms with Crippen LogP contribution in [0.3, 0.4) is 0 Å². The van der Waals surface area contributed by atoms with E-state index in [1.54, 1.807) is 0 Å². The van der Waals surface area contributed by atoms with Gasteiger partial charge in [-0.15, -0.1) is 0 Å². The van der Waals surface area contributed by atoms with Crippen LogP contribution in [0.5, 0.6) is 0 Å². The summed E-state index contributed by atoms with van der Waals surface area (Å²) >= 11 is 0. The topological polar surface area (TPSA) is 126 Å². The maximum atomic E-state index is 9.89. The largest absolute Gasteiger partial charge is 1.00 e. The first-order valence-corrected chi connectivity index (χ1v) is 6.68. The second-order valence-electron chi connectivity index (χ2n) is 4.76. The number of aliphatic hydroxyl groups excluding tert-OH is 2. The Kier molecular flexibility index (Phi) is 27.5. The Hall–Kier alpha value is 0.310. The smallest absolute Gasteiger partial charge is 0.870 e. The van der Waals surface area contributed by atoms with Crippen molar-refractivity contribution in [1.82, 2.24) is 5.32 Å². The Morgan fingerprint density at radius 1 is 1.10 bits per heavy atom. The quantitative estimate of drug-likeness (QED) is 0.294. The fourth-order valence-corrected chi connectivity index (χ4v) is 1.35. The molecule has 0 aromatic carbocycles. The van der Waals surface area contributed by atoms with Crippen LogP contribution in [0.15, 0.2) is 0 Å². The minimum Gasteiger partial charge on any atom is -0.870 e. The fourth-order valence-electron chi connectivity index (χ4n) is 1.35. The first kappa shape index (κ1) is 28.5. The van der Waals surface area contributed by atoms with Crippen molar-refractivity contribution in [2.75, 3.05) is 0 Å². The van der Waals surface area contributed by atoms with Gasteiger partial charge in [-0.2, -0.15) is 0 Å². The Bertz CT molecular complexity index is 197. The predicted molar refractivity (Wildman–Crippen MR) is 76.1 cm³/mol. The number of nitrogens with one attached hydrogen (secondary N) is 1. The van der Waals surface area contributed by atoms with Gasteiger partial charge in [-0.05, 0) is 39.5 Å². The molecule has 20 heavy (non-hydrogen) atoms. The van der Waals surface area contributed by atoms with Crippen LogP contribution in [0.4, 0.5) is 0 Å². The second-order valence-corrected chi connectivity index (χ2v) is 4.76. The first-order chi connectivity index (χ1) is 8.37. The first-order valence-electron chi connectivity index (χ1n) is 6.68. The van der Waals surface area contributed by atoms with Crippen LogP contribution in [0.1, 0.15) is 53.4 Å². The summed E-state index contributed by atoms with van der Waals surface area (Å²) in [5.41, 5.74) is 5.41. The molecule has 6 N–H and O–H groups in total. The van der Waals surface area contributed by atoms with Crippen molar-refractivity contribution >= 4 is 6.41 Å². The van der Waals surface area contributed by atoms with E-state index in [4.69, 9.17) is 15.9 Å². The molecular formula is C13H31N2NaO4. The molecule has 0 aliphatic heterocycles. The van der Waals surface area contributed by atoms with Gasteiger partial charge in [0.2, 0.25) is 6.41 Å². The SMILES string of the molecule is CCC(O)CC(C)N.CCC(O)CC(C)NC=O.[Na+].[OH-]. The van der Waals surface area contributed by atoms with Gasteiger partial charge in [0.15, 0.2) is 0 Å². The van der Waals surface area contributed by atoms with Crippen molar-refractivity contribution in [3.8, 4) is 0 Å². The van der Waals surface area contributed by atoms with Gasteiger partial charge in [0.1, 0.15) is 0 Å². The molecule has 0 saturated carbocycles. The number of carbonyl (C=O) groups is 1. The Balaban J connectivity index is -0.000000119. The van der Waals surface area contributed by atoms with Crippen molar-refractivity contribution in [1.29, 1.82) is 0 Å². The molecule has 0 fully saturated rings. The Labute approximate surface area is 145 Å². The molecule has 0 bridgehead atoms. The standard InChI is InChI=1S/C7H15NO2.C6H15NO.Na.H2O/c1-3-7(10)4-6(2)8-5-9;1-3-6(8)4-5(2)7;;/h5-7,10H,3-4H2,1-2H3,(H,8,9);5-6,8H,3-4,7H2,1-2H3;;1H2/q;;+1;/p-1. The maximum absolute atomic E-state index is 9.89. The molecule has 0 aromatic heterocycles.